The number of piperidine rings is 1. The maximum absolute atomic E-state index is 5.99. The van der Waals surface area contributed by atoms with Crippen LogP contribution in [-0.4, -0.2) is 34.6 Å². The molecule has 6 heteroatoms. The molecule has 1 saturated heterocycles. The summed E-state index contributed by atoms with van der Waals surface area (Å²) in [7, 11) is 0. The van der Waals surface area contributed by atoms with Gasteiger partial charge in [-0.2, -0.15) is 15.0 Å². The van der Waals surface area contributed by atoms with E-state index in [-0.39, 0.29) is 10.7 Å². The van der Waals surface area contributed by atoms with Crippen molar-refractivity contribution in [2.24, 2.45) is 5.41 Å². The minimum absolute atomic E-state index is 0.171. The summed E-state index contributed by atoms with van der Waals surface area (Å²) in [5.41, 5.74) is 0.171. The second-order valence-electron chi connectivity index (χ2n) is 6.19. The van der Waals surface area contributed by atoms with E-state index in [1.54, 1.807) is 0 Å². The first-order chi connectivity index (χ1) is 8.94. The zero-order chi connectivity index (χ0) is 13.9. The van der Waals surface area contributed by atoms with E-state index in [0.29, 0.717) is 11.9 Å². The van der Waals surface area contributed by atoms with E-state index < -0.39 is 0 Å². The fourth-order valence-electron chi connectivity index (χ4n) is 2.00. The quantitative estimate of drug-likeness (QED) is 0.924. The smallest absolute Gasteiger partial charge is 0.231 e. The Morgan fingerprint density at radius 1 is 1.11 bits per heavy atom. The van der Waals surface area contributed by atoms with Crippen molar-refractivity contribution >= 4 is 23.5 Å². The number of nitrogens with zero attached hydrogens (tertiary/aromatic N) is 4. The number of rotatable bonds is 3. The molecule has 0 atom stereocenters. The molecule has 19 heavy (non-hydrogen) atoms. The van der Waals surface area contributed by atoms with Crippen LogP contribution in [0.3, 0.4) is 0 Å². The highest BCUT2D eigenvalue weighted by Crippen LogP contribution is 2.19. The van der Waals surface area contributed by atoms with Crippen molar-refractivity contribution in [3.63, 3.8) is 0 Å². The summed E-state index contributed by atoms with van der Waals surface area (Å²) in [6.45, 7) is 9.28. The summed E-state index contributed by atoms with van der Waals surface area (Å²) >= 11 is 5.99. The third-order valence-electron chi connectivity index (χ3n) is 3.01. The first-order valence-corrected chi connectivity index (χ1v) is 7.22. The molecule has 0 unspecified atom stereocenters. The van der Waals surface area contributed by atoms with Crippen molar-refractivity contribution < 1.29 is 0 Å². The average molecular weight is 284 g/mol. The van der Waals surface area contributed by atoms with Crippen LogP contribution < -0.4 is 10.2 Å². The summed E-state index contributed by atoms with van der Waals surface area (Å²) in [5, 5.41) is 3.49. The summed E-state index contributed by atoms with van der Waals surface area (Å²) in [5.74, 6) is 1.26. The standard InChI is InChI=1S/C13H22ClN5/c1-13(2,3)9-15-11-16-10(14)17-12(18-11)19-7-5-4-6-8-19/h4-9H2,1-3H3,(H,15,16,17,18). The largest absolute Gasteiger partial charge is 0.354 e. The Morgan fingerprint density at radius 3 is 2.42 bits per heavy atom. The van der Waals surface area contributed by atoms with E-state index in [1.165, 1.54) is 19.3 Å². The lowest BCUT2D eigenvalue weighted by molar-refractivity contribution is 0.441. The van der Waals surface area contributed by atoms with Gasteiger partial charge in [0.15, 0.2) is 0 Å². The minimum atomic E-state index is 0.171. The predicted molar refractivity (Wildman–Crippen MR) is 78.8 cm³/mol. The Kier molecular flexibility index (Phi) is 4.45. The summed E-state index contributed by atoms with van der Waals surface area (Å²) in [6.07, 6.45) is 3.66. The van der Waals surface area contributed by atoms with E-state index in [9.17, 15) is 0 Å². The van der Waals surface area contributed by atoms with Gasteiger partial charge < -0.3 is 10.2 Å². The number of nitrogens with one attached hydrogen (secondary N) is 1. The number of aromatic nitrogens is 3. The molecule has 0 aliphatic carbocycles. The number of hydrogen-bond acceptors (Lipinski definition) is 5. The van der Waals surface area contributed by atoms with Gasteiger partial charge in [-0.1, -0.05) is 20.8 Å². The van der Waals surface area contributed by atoms with E-state index >= 15 is 0 Å². The number of hydrogen-bond donors (Lipinski definition) is 1. The molecular weight excluding hydrogens is 262 g/mol. The molecule has 1 aromatic heterocycles. The highest BCUT2D eigenvalue weighted by atomic mass is 35.5. The molecule has 0 radical (unpaired) electrons. The molecule has 1 aliphatic rings. The molecule has 1 aromatic rings. The third kappa shape index (κ3) is 4.49. The Morgan fingerprint density at radius 2 is 1.79 bits per heavy atom. The highest BCUT2D eigenvalue weighted by Gasteiger charge is 2.16. The van der Waals surface area contributed by atoms with E-state index in [0.717, 1.165) is 19.6 Å². The van der Waals surface area contributed by atoms with Crippen LogP contribution in [0.2, 0.25) is 5.28 Å². The summed E-state index contributed by atoms with van der Waals surface area (Å²) in [6, 6.07) is 0. The van der Waals surface area contributed by atoms with Crippen molar-refractivity contribution in [2.45, 2.75) is 40.0 Å². The zero-order valence-electron chi connectivity index (χ0n) is 11.9. The van der Waals surface area contributed by atoms with Gasteiger partial charge in [-0.05, 0) is 36.3 Å². The molecule has 2 rings (SSSR count). The summed E-state index contributed by atoms with van der Waals surface area (Å²) in [4.78, 5) is 15.0. The molecule has 5 nitrogen and oxygen atoms in total. The molecular formula is C13H22ClN5. The van der Waals surface area contributed by atoms with Gasteiger partial charge in [0.2, 0.25) is 17.2 Å². The van der Waals surface area contributed by atoms with Gasteiger partial charge in [0.05, 0.1) is 0 Å². The topological polar surface area (TPSA) is 53.9 Å². The van der Waals surface area contributed by atoms with Gasteiger partial charge in [-0.25, -0.2) is 0 Å². The first-order valence-electron chi connectivity index (χ1n) is 6.84. The van der Waals surface area contributed by atoms with Crippen molar-refractivity contribution in [3.8, 4) is 0 Å². The van der Waals surface area contributed by atoms with Crippen LogP contribution in [-0.2, 0) is 0 Å². The fraction of sp³-hybridized carbons (Fsp3) is 0.769. The Hall–Kier alpha value is -1.10. The van der Waals surface area contributed by atoms with Crippen molar-refractivity contribution in [1.29, 1.82) is 0 Å². The molecule has 1 fully saturated rings. The van der Waals surface area contributed by atoms with Gasteiger partial charge in [-0.15, -0.1) is 0 Å². The Balaban J connectivity index is 2.10. The second-order valence-corrected chi connectivity index (χ2v) is 6.53. The van der Waals surface area contributed by atoms with Crippen LogP contribution in [0.25, 0.3) is 0 Å². The lowest BCUT2D eigenvalue weighted by Crippen LogP contribution is -2.31. The lowest BCUT2D eigenvalue weighted by Gasteiger charge is -2.27. The monoisotopic (exact) mass is 283 g/mol. The van der Waals surface area contributed by atoms with Gasteiger partial charge in [0.25, 0.3) is 0 Å². The molecule has 1 aliphatic heterocycles. The molecule has 1 N–H and O–H groups in total. The van der Waals surface area contributed by atoms with Gasteiger partial charge >= 0.3 is 0 Å². The van der Waals surface area contributed by atoms with Gasteiger partial charge in [0, 0.05) is 19.6 Å². The van der Waals surface area contributed by atoms with Crippen molar-refractivity contribution in [2.75, 3.05) is 29.9 Å². The van der Waals surface area contributed by atoms with Crippen LogP contribution >= 0.6 is 11.6 Å². The fourth-order valence-corrected chi connectivity index (χ4v) is 2.15. The average Bonchev–Trinajstić information content (AvgIpc) is 2.36. The first kappa shape index (κ1) is 14.3. The highest BCUT2D eigenvalue weighted by molar-refractivity contribution is 6.28. The van der Waals surface area contributed by atoms with Crippen LogP contribution in [0, 0.1) is 5.41 Å². The molecule has 0 amide bonds. The normalized spacial score (nSPS) is 16.5. The second kappa shape index (κ2) is 5.90. The van der Waals surface area contributed by atoms with Crippen LogP contribution in [0.15, 0.2) is 0 Å². The molecule has 106 valence electrons. The predicted octanol–water partition coefficient (Wildman–Crippen LogP) is 2.97. The maximum Gasteiger partial charge on any atom is 0.231 e. The Bertz CT molecular complexity index is 424. The SMILES string of the molecule is CC(C)(C)CNc1nc(Cl)nc(N2CCCCC2)n1. The van der Waals surface area contributed by atoms with E-state index in [2.05, 4.69) is 45.9 Å². The third-order valence-corrected chi connectivity index (χ3v) is 3.18. The van der Waals surface area contributed by atoms with E-state index in [4.69, 9.17) is 11.6 Å². The zero-order valence-corrected chi connectivity index (χ0v) is 12.7. The van der Waals surface area contributed by atoms with Crippen molar-refractivity contribution in [3.05, 3.63) is 5.28 Å². The van der Waals surface area contributed by atoms with Crippen molar-refractivity contribution in [1.82, 2.24) is 15.0 Å². The maximum atomic E-state index is 5.99. The van der Waals surface area contributed by atoms with Gasteiger partial charge in [0.1, 0.15) is 0 Å². The Labute approximate surface area is 119 Å². The molecule has 2 heterocycles. The molecule has 0 saturated carbocycles. The minimum Gasteiger partial charge on any atom is -0.354 e. The number of halogens is 1. The summed E-state index contributed by atoms with van der Waals surface area (Å²) < 4.78 is 0. The van der Waals surface area contributed by atoms with E-state index in [1.807, 2.05) is 0 Å². The van der Waals surface area contributed by atoms with Crippen LogP contribution in [0.4, 0.5) is 11.9 Å². The molecule has 0 spiro atoms. The lowest BCUT2D eigenvalue weighted by atomic mass is 9.97. The molecule has 0 bridgehead atoms. The number of anilines is 2. The molecule has 0 aromatic carbocycles. The van der Waals surface area contributed by atoms with Crippen LogP contribution in [0.1, 0.15) is 40.0 Å². The van der Waals surface area contributed by atoms with Gasteiger partial charge in [-0.3, -0.25) is 0 Å². The van der Waals surface area contributed by atoms with Crippen LogP contribution in [0.5, 0.6) is 0 Å².